The summed E-state index contributed by atoms with van der Waals surface area (Å²) in [4.78, 5) is 0. The largest absolute Gasteiger partial charge is 0.362 e. The minimum absolute atomic E-state index is 0.638. The molecule has 0 atom stereocenters. The van der Waals surface area contributed by atoms with Crippen molar-refractivity contribution in [1.29, 1.82) is 0 Å². The Morgan fingerprint density at radius 1 is 1.44 bits per heavy atom. The maximum absolute atomic E-state index is 5.19. The van der Waals surface area contributed by atoms with E-state index in [1.54, 1.807) is 0 Å². The van der Waals surface area contributed by atoms with E-state index in [1.165, 1.54) is 24.0 Å². The van der Waals surface area contributed by atoms with E-state index >= 15 is 0 Å². The Morgan fingerprint density at radius 2 is 2.25 bits per heavy atom. The zero-order valence-corrected chi connectivity index (χ0v) is 10.4. The first-order valence-corrected chi connectivity index (χ1v) is 6.25. The molecule has 2 nitrogen and oxygen atoms in total. The number of aryl methyl sites for hydroxylation is 1. The quantitative estimate of drug-likeness (QED) is 0.781. The minimum atomic E-state index is 0.638. The van der Waals surface area contributed by atoms with Gasteiger partial charge < -0.3 is 10.6 Å². The number of hydrogen-bond acceptors (Lipinski definition) is 1. The highest BCUT2D eigenvalue weighted by Crippen LogP contribution is 2.18. The smallest absolute Gasteiger partial charge is 0.166 e. The molecule has 1 aliphatic rings. The van der Waals surface area contributed by atoms with Gasteiger partial charge >= 0.3 is 0 Å². The van der Waals surface area contributed by atoms with Crippen molar-refractivity contribution in [3.8, 4) is 0 Å². The Kier molecular flexibility index (Phi) is 3.78. The maximum atomic E-state index is 5.19. The van der Waals surface area contributed by atoms with Crippen LogP contribution < -0.4 is 10.6 Å². The summed E-state index contributed by atoms with van der Waals surface area (Å²) < 4.78 is 0. The first-order valence-electron chi connectivity index (χ1n) is 5.84. The lowest BCUT2D eigenvalue weighted by Crippen LogP contribution is -2.37. The molecule has 3 heteroatoms. The van der Waals surface area contributed by atoms with Crippen molar-refractivity contribution in [2.24, 2.45) is 0 Å². The van der Waals surface area contributed by atoms with Crippen molar-refractivity contribution >= 4 is 17.3 Å². The lowest BCUT2D eigenvalue weighted by atomic mass is 10.1. The van der Waals surface area contributed by atoms with Crippen molar-refractivity contribution < 1.29 is 0 Å². The monoisotopic (exact) mass is 234 g/mol. The van der Waals surface area contributed by atoms with Gasteiger partial charge in [-0.15, -0.1) is 0 Å². The van der Waals surface area contributed by atoms with Crippen LogP contribution in [0.5, 0.6) is 0 Å². The molecule has 0 unspecified atom stereocenters. The normalized spacial score (nSPS) is 14.6. The second kappa shape index (κ2) is 5.30. The van der Waals surface area contributed by atoms with Crippen LogP contribution in [0.1, 0.15) is 24.0 Å². The summed E-state index contributed by atoms with van der Waals surface area (Å²) in [7, 11) is 0. The average Bonchev–Trinajstić information content (AvgIpc) is 3.02. The zero-order chi connectivity index (χ0) is 11.4. The second-order valence-electron chi connectivity index (χ2n) is 4.41. The van der Waals surface area contributed by atoms with Crippen molar-refractivity contribution in [3.05, 3.63) is 35.4 Å². The summed E-state index contributed by atoms with van der Waals surface area (Å²) in [6, 6.07) is 9.24. The SMILES string of the molecule is Cc1cccc(CCNC(=S)NC2CC2)c1. The second-order valence-corrected chi connectivity index (χ2v) is 4.82. The molecule has 0 amide bonds. The van der Waals surface area contributed by atoms with Crippen LogP contribution in [0.4, 0.5) is 0 Å². The van der Waals surface area contributed by atoms with E-state index in [2.05, 4.69) is 41.8 Å². The minimum Gasteiger partial charge on any atom is -0.362 e. The Hall–Kier alpha value is -1.09. The standard InChI is InChI=1S/C13H18N2S/c1-10-3-2-4-11(9-10)7-8-14-13(16)15-12-5-6-12/h2-4,9,12H,5-8H2,1H3,(H2,14,15,16). The fourth-order valence-electron chi connectivity index (χ4n) is 1.65. The van der Waals surface area contributed by atoms with Crippen LogP contribution in [-0.2, 0) is 6.42 Å². The molecular formula is C13H18N2S. The predicted molar refractivity (Wildman–Crippen MR) is 71.6 cm³/mol. The molecule has 0 aromatic heterocycles. The molecule has 0 aliphatic heterocycles. The molecule has 0 spiro atoms. The molecular weight excluding hydrogens is 216 g/mol. The van der Waals surface area contributed by atoms with Gasteiger partial charge in [0.1, 0.15) is 0 Å². The molecule has 86 valence electrons. The number of hydrogen-bond donors (Lipinski definition) is 2. The number of benzene rings is 1. The fourth-order valence-corrected chi connectivity index (χ4v) is 1.92. The Labute approximate surface area is 102 Å². The molecule has 1 aromatic rings. The van der Waals surface area contributed by atoms with E-state index in [0.29, 0.717) is 6.04 Å². The van der Waals surface area contributed by atoms with Crippen molar-refractivity contribution in [1.82, 2.24) is 10.6 Å². The van der Waals surface area contributed by atoms with Gasteiger partial charge in [0.2, 0.25) is 0 Å². The maximum Gasteiger partial charge on any atom is 0.166 e. The van der Waals surface area contributed by atoms with E-state index in [0.717, 1.165) is 18.1 Å². The van der Waals surface area contributed by atoms with Crippen molar-refractivity contribution in [2.45, 2.75) is 32.2 Å². The van der Waals surface area contributed by atoms with Crippen LogP contribution in [0.15, 0.2) is 24.3 Å². The van der Waals surface area contributed by atoms with Gasteiger partial charge in [-0.05, 0) is 44.0 Å². The van der Waals surface area contributed by atoms with Gasteiger partial charge in [-0.1, -0.05) is 29.8 Å². The van der Waals surface area contributed by atoms with Crippen LogP contribution in [0.3, 0.4) is 0 Å². The van der Waals surface area contributed by atoms with Gasteiger partial charge in [0.15, 0.2) is 5.11 Å². The van der Waals surface area contributed by atoms with E-state index in [9.17, 15) is 0 Å². The van der Waals surface area contributed by atoms with Crippen LogP contribution >= 0.6 is 12.2 Å². The molecule has 1 saturated carbocycles. The lowest BCUT2D eigenvalue weighted by molar-refractivity contribution is 0.811. The van der Waals surface area contributed by atoms with Crippen LogP contribution in [-0.4, -0.2) is 17.7 Å². The third kappa shape index (κ3) is 3.81. The van der Waals surface area contributed by atoms with Crippen molar-refractivity contribution in [3.63, 3.8) is 0 Å². The molecule has 0 radical (unpaired) electrons. The van der Waals surface area contributed by atoms with Crippen molar-refractivity contribution in [2.75, 3.05) is 6.54 Å². The van der Waals surface area contributed by atoms with Crippen LogP contribution in [0.2, 0.25) is 0 Å². The number of nitrogens with one attached hydrogen (secondary N) is 2. The Balaban J connectivity index is 1.68. The summed E-state index contributed by atoms with van der Waals surface area (Å²) in [5.74, 6) is 0. The fraction of sp³-hybridized carbons (Fsp3) is 0.462. The zero-order valence-electron chi connectivity index (χ0n) is 9.62. The third-order valence-corrected chi connectivity index (χ3v) is 2.96. The van der Waals surface area contributed by atoms with E-state index in [-0.39, 0.29) is 0 Å². The number of thiocarbonyl (C=S) groups is 1. The molecule has 1 aliphatic carbocycles. The summed E-state index contributed by atoms with van der Waals surface area (Å²) >= 11 is 5.19. The van der Waals surface area contributed by atoms with E-state index in [1.807, 2.05) is 0 Å². The van der Waals surface area contributed by atoms with Gasteiger partial charge in [0.05, 0.1) is 0 Å². The first-order chi connectivity index (χ1) is 7.74. The summed E-state index contributed by atoms with van der Waals surface area (Å²) in [5.41, 5.74) is 2.68. The lowest BCUT2D eigenvalue weighted by Gasteiger charge is -2.09. The highest BCUT2D eigenvalue weighted by atomic mass is 32.1. The summed E-state index contributed by atoms with van der Waals surface area (Å²) in [5, 5.41) is 7.32. The molecule has 1 fully saturated rings. The molecule has 1 aromatic carbocycles. The average molecular weight is 234 g/mol. The molecule has 2 N–H and O–H groups in total. The van der Waals surface area contributed by atoms with Gasteiger partial charge in [-0.25, -0.2) is 0 Å². The Bertz CT molecular complexity index is 372. The first kappa shape index (κ1) is 11.4. The third-order valence-electron chi connectivity index (χ3n) is 2.69. The molecule has 16 heavy (non-hydrogen) atoms. The Morgan fingerprint density at radius 3 is 2.94 bits per heavy atom. The van der Waals surface area contributed by atoms with E-state index in [4.69, 9.17) is 12.2 Å². The molecule has 2 rings (SSSR count). The predicted octanol–water partition coefficient (Wildman–Crippen LogP) is 2.16. The topological polar surface area (TPSA) is 24.1 Å². The highest BCUT2D eigenvalue weighted by molar-refractivity contribution is 7.80. The van der Waals surface area contributed by atoms with Gasteiger partial charge in [0, 0.05) is 12.6 Å². The summed E-state index contributed by atoms with van der Waals surface area (Å²) in [6.07, 6.45) is 3.55. The summed E-state index contributed by atoms with van der Waals surface area (Å²) in [6.45, 7) is 3.03. The van der Waals surface area contributed by atoms with Gasteiger partial charge in [-0.3, -0.25) is 0 Å². The van der Waals surface area contributed by atoms with Gasteiger partial charge in [0.25, 0.3) is 0 Å². The van der Waals surface area contributed by atoms with Crippen LogP contribution in [0.25, 0.3) is 0 Å². The van der Waals surface area contributed by atoms with E-state index < -0.39 is 0 Å². The highest BCUT2D eigenvalue weighted by Gasteiger charge is 2.21. The van der Waals surface area contributed by atoms with Crippen LogP contribution in [0, 0.1) is 6.92 Å². The molecule has 0 saturated heterocycles. The molecule has 0 heterocycles. The van der Waals surface area contributed by atoms with Gasteiger partial charge in [-0.2, -0.15) is 0 Å². The number of rotatable bonds is 4. The molecule has 0 bridgehead atoms.